The molecule has 1 atom stereocenters. The van der Waals surface area contributed by atoms with Gasteiger partial charge in [-0.3, -0.25) is 9.78 Å². The second kappa shape index (κ2) is 9.03. The van der Waals surface area contributed by atoms with Crippen LogP contribution in [0.2, 0.25) is 5.02 Å². The molecular weight excluding hydrogens is 328 g/mol. The molecule has 0 saturated carbocycles. The first-order valence-corrected chi connectivity index (χ1v) is 7.97. The van der Waals surface area contributed by atoms with E-state index in [0.29, 0.717) is 17.9 Å². The number of amides is 1. The number of carbonyl (C=O) groups excluding carboxylic acids is 2. The number of pyridine rings is 1. The van der Waals surface area contributed by atoms with Crippen molar-refractivity contribution in [2.24, 2.45) is 0 Å². The maximum Gasteiger partial charge on any atom is 0.328 e. The highest BCUT2D eigenvalue weighted by molar-refractivity contribution is 6.30. The molecule has 0 aliphatic carbocycles. The molecule has 2 rings (SSSR count). The van der Waals surface area contributed by atoms with Gasteiger partial charge >= 0.3 is 5.97 Å². The zero-order valence-electron chi connectivity index (χ0n) is 13.4. The molecule has 24 heavy (non-hydrogen) atoms. The Morgan fingerprint density at radius 3 is 2.62 bits per heavy atom. The molecule has 5 nitrogen and oxygen atoms in total. The van der Waals surface area contributed by atoms with Crippen molar-refractivity contribution in [3.05, 3.63) is 64.9 Å². The minimum absolute atomic E-state index is 0.209. The zero-order valence-corrected chi connectivity index (χ0v) is 14.1. The van der Waals surface area contributed by atoms with E-state index in [4.69, 9.17) is 16.3 Å². The number of nitrogens with zero attached hydrogens (tertiary/aromatic N) is 1. The van der Waals surface area contributed by atoms with Crippen molar-refractivity contribution >= 4 is 23.5 Å². The van der Waals surface area contributed by atoms with E-state index in [1.165, 1.54) is 7.11 Å². The van der Waals surface area contributed by atoms with Gasteiger partial charge in [-0.15, -0.1) is 0 Å². The van der Waals surface area contributed by atoms with Gasteiger partial charge in [-0.1, -0.05) is 23.7 Å². The van der Waals surface area contributed by atoms with Crippen LogP contribution in [-0.2, 0) is 27.2 Å². The van der Waals surface area contributed by atoms with Crippen LogP contribution in [0.15, 0.2) is 48.8 Å². The zero-order chi connectivity index (χ0) is 17.4. The third-order valence-electron chi connectivity index (χ3n) is 3.54. The van der Waals surface area contributed by atoms with Gasteiger partial charge in [0.05, 0.1) is 7.11 Å². The molecule has 2 aromatic rings. The summed E-state index contributed by atoms with van der Waals surface area (Å²) < 4.78 is 4.78. The summed E-state index contributed by atoms with van der Waals surface area (Å²) in [7, 11) is 1.31. The fraction of sp³-hybridized carbons (Fsp3) is 0.278. The molecule has 0 aliphatic rings. The SMILES string of the molecule is COC(=O)C(Cc1ccncc1)NC(=O)CCc1cccc(Cl)c1. The predicted molar refractivity (Wildman–Crippen MR) is 91.7 cm³/mol. The van der Waals surface area contributed by atoms with E-state index < -0.39 is 12.0 Å². The van der Waals surface area contributed by atoms with Crippen LogP contribution >= 0.6 is 11.6 Å². The van der Waals surface area contributed by atoms with Crippen LogP contribution in [0, 0.1) is 0 Å². The number of hydrogen-bond acceptors (Lipinski definition) is 4. The summed E-state index contributed by atoms with van der Waals surface area (Å²) in [5.74, 6) is -0.678. The lowest BCUT2D eigenvalue weighted by molar-refractivity contribution is -0.145. The summed E-state index contributed by atoms with van der Waals surface area (Å²) in [5.41, 5.74) is 1.87. The summed E-state index contributed by atoms with van der Waals surface area (Å²) in [4.78, 5) is 28.0. The van der Waals surface area contributed by atoms with Crippen LogP contribution in [0.3, 0.4) is 0 Å². The molecule has 1 heterocycles. The molecule has 6 heteroatoms. The van der Waals surface area contributed by atoms with Crippen molar-refractivity contribution < 1.29 is 14.3 Å². The smallest absolute Gasteiger partial charge is 0.328 e. The number of benzene rings is 1. The van der Waals surface area contributed by atoms with Gasteiger partial charge in [-0.25, -0.2) is 4.79 Å². The molecule has 0 bridgehead atoms. The van der Waals surface area contributed by atoms with Crippen LogP contribution in [-0.4, -0.2) is 30.0 Å². The molecule has 1 amide bonds. The normalized spacial score (nSPS) is 11.6. The Kier molecular flexibility index (Phi) is 6.75. The average Bonchev–Trinajstić information content (AvgIpc) is 2.59. The van der Waals surface area contributed by atoms with Crippen LogP contribution in [0.25, 0.3) is 0 Å². The van der Waals surface area contributed by atoms with Gasteiger partial charge in [-0.05, 0) is 41.8 Å². The molecule has 0 aliphatic heterocycles. The number of ether oxygens (including phenoxy) is 1. The monoisotopic (exact) mass is 346 g/mol. The fourth-order valence-electron chi connectivity index (χ4n) is 2.31. The molecule has 0 fully saturated rings. The lowest BCUT2D eigenvalue weighted by atomic mass is 10.1. The van der Waals surface area contributed by atoms with Gasteiger partial charge in [0.2, 0.25) is 5.91 Å². The first-order valence-electron chi connectivity index (χ1n) is 7.59. The third-order valence-corrected chi connectivity index (χ3v) is 3.77. The van der Waals surface area contributed by atoms with E-state index in [1.54, 1.807) is 30.6 Å². The second-order valence-corrected chi connectivity index (χ2v) is 5.77. The Labute approximate surface area is 146 Å². The molecule has 1 N–H and O–H groups in total. The largest absolute Gasteiger partial charge is 0.467 e. The molecule has 1 aromatic heterocycles. The number of carbonyl (C=O) groups is 2. The maximum atomic E-state index is 12.2. The number of hydrogen-bond donors (Lipinski definition) is 1. The van der Waals surface area contributed by atoms with Crippen LogP contribution in [0.4, 0.5) is 0 Å². The van der Waals surface area contributed by atoms with E-state index in [0.717, 1.165) is 11.1 Å². The molecule has 1 unspecified atom stereocenters. The fourth-order valence-corrected chi connectivity index (χ4v) is 2.52. The van der Waals surface area contributed by atoms with E-state index in [2.05, 4.69) is 10.3 Å². The summed E-state index contributed by atoms with van der Waals surface area (Å²) in [5, 5.41) is 3.37. The Morgan fingerprint density at radius 1 is 1.21 bits per heavy atom. The average molecular weight is 347 g/mol. The summed E-state index contributed by atoms with van der Waals surface area (Å²) in [6.45, 7) is 0. The summed E-state index contributed by atoms with van der Waals surface area (Å²) >= 11 is 5.93. The van der Waals surface area contributed by atoms with Gasteiger partial charge < -0.3 is 10.1 Å². The number of aryl methyl sites for hydroxylation is 1. The number of rotatable bonds is 7. The standard InChI is InChI=1S/C18H19ClN2O3/c1-24-18(23)16(12-14-7-9-20-10-8-14)21-17(22)6-5-13-3-2-4-15(19)11-13/h2-4,7-11,16H,5-6,12H2,1H3,(H,21,22). The molecule has 1 aromatic carbocycles. The van der Waals surface area contributed by atoms with Crippen LogP contribution in [0.1, 0.15) is 17.5 Å². The first-order chi connectivity index (χ1) is 11.6. The van der Waals surface area contributed by atoms with Crippen molar-refractivity contribution in [1.82, 2.24) is 10.3 Å². The summed E-state index contributed by atoms with van der Waals surface area (Å²) in [6, 6.07) is 10.2. The quantitative estimate of drug-likeness (QED) is 0.782. The highest BCUT2D eigenvalue weighted by Crippen LogP contribution is 2.12. The van der Waals surface area contributed by atoms with E-state index in [9.17, 15) is 9.59 Å². The van der Waals surface area contributed by atoms with Gasteiger partial charge in [0.1, 0.15) is 6.04 Å². The Morgan fingerprint density at radius 2 is 1.96 bits per heavy atom. The topological polar surface area (TPSA) is 68.3 Å². The van der Waals surface area contributed by atoms with Crippen molar-refractivity contribution in [2.45, 2.75) is 25.3 Å². The minimum atomic E-state index is -0.718. The molecule has 0 radical (unpaired) electrons. The van der Waals surface area contributed by atoms with Gasteiger partial charge in [0.25, 0.3) is 0 Å². The maximum absolute atomic E-state index is 12.2. The third kappa shape index (κ3) is 5.66. The lowest BCUT2D eigenvalue weighted by Crippen LogP contribution is -2.43. The number of methoxy groups -OCH3 is 1. The highest BCUT2D eigenvalue weighted by Gasteiger charge is 2.21. The first kappa shape index (κ1) is 17.9. The predicted octanol–water partition coefficient (Wildman–Crippen LogP) is 2.57. The van der Waals surface area contributed by atoms with E-state index in [1.807, 2.05) is 18.2 Å². The van der Waals surface area contributed by atoms with Gasteiger partial charge in [0.15, 0.2) is 0 Å². The molecule has 126 valence electrons. The van der Waals surface area contributed by atoms with Crippen molar-refractivity contribution in [3.63, 3.8) is 0 Å². The van der Waals surface area contributed by atoms with E-state index in [-0.39, 0.29) is 12.3 Å². The highest BCUT2D eigenvalue weighted by atomic mass is 35.5. The Hall–Kier alpha value is -2.40. The van der Waals surface area contributed by atoms with E-state index >= 15 is 0 Å². The molecule has 0 saturated heterocycles. The number of nitrogens with one attached hydrogen (secondary N) is 1. The molecular formula is C18H19ClN2O3. The number of esters is 1. The van der Waals surface area contributed by atoms with Crippen molar-refractivity contribution in [1.29, 1.82) is 0 Å². The van der Waals surface area contributed by atoms with Crippen LogP contribution in [0.5, 0.6) is 0 Å². The Bertz CT molecular complexity index is 692. The lowest BCUT2D eigenvalue weighted by Gasteiger charge is -2.16. The van der Waals surface area contributed by atoms with Crippen molar-refractivity contribution in [2.75, 3.05) is 7.11 Å². The van der Waals surface area contributed by atoms with Gasteiger partial charge in [0, 0.05) is 30.3 Å². The second-order valence-electron chi connectivity index (χ2n) is 5.33. The Balaban J connectivity index is 1.93. The summed E-state index contributed by atoms with van der Waals surface area (Å²) in [6.07, 6.45) is 4.47. The minimum Gasteiger partial charge on any atom is -0.467 e. The van der Waals surface area contributed by atoms with Gasteiger partial charge in [-0.2, -0.15) is 0 Å². The number of halogens is 1. The number of aromatic nitrogens is 1. The molecule has 0 spiro atoms. The van der Waals surface area contributed by atoms with Crippen LogP contribution < -0.4 is 5.32 Å². The van der Waals surface area contributed by atoms with Crippen molar-refractivity contribution in [3.8, 4) is 0 Å².